The highest BCUT2D eigenvalue weighted by atomic mass is 19.1. The molecule has 0 spiro atoms. The van der Waals surface area contributed by atoms with E-state index in [0.29, 0.717) is 38.0 Å². The van der Waals surface area contributed by atoms with Gasteiger partial charge in [0.2, 0.25) is 0 Å². The number of imidazole rings is 1. The fourth-order valence-corrected chi connectivity index (χ4v) is 3.03. The Morgan fingerprint density at radius 3 is 2.68 bits per heavy atom. The highest BCUT2D eigenvalue weighted by Crippen LogP contribution is 2.20. The van der Waals surface area contributed by atoms with Gasteiger partial charge in [-0.05, 0) is 36.2 Å². The molecule has 0 radical (unpaired) electrons. The van der Waals surface area contributed by atoms with Crippen LogP contribution in [-0.4, -0.2) is 42.9 Å². The summed E-state index contributed by atoms with van der Waals surface area (Å²) in [7, 11) is 3.35. The van der Waals surface area contributed by atoms with Crippen molar-refractivity contribution in [1.82, 2.24) is 20.2 Å². The minimum absolute atomic E-state index is 0.308. The van der Waals surface area contributed by atoms with Crippen LogP contribution in [0.1, 0.15) is 16.7 Å². The fraction of sp³-hybridized carbons (Fsp3) is 0.304. The average Bonchev–Trinajstić information content (AvgIpc) is 3.30. The molecule has 0 amide bonds. The molecule has 0 saturated carbocycles. The number of aromatic nitrogens is 2. The number of benzene rings is 2. The second-order valence-corrected chi connectivity index (χ2v) is 6.99. The number of aryl methyl sites for hydroxylation is 1. The minimum atomic E-state index is -0.308. The third-order valence-electron chi connectivity index (χ3n) is 4.69. The number of methoxy groups -OCH3 is 1. The van der Waals surface area contributed by atoms with E-state index in [2.05, 4.69) is 20.6 Å². The second kappa shape index (κ2) is 11.1. The van der Waals surface area contributed by atoms with E-state index in [1.807, 2.05) is 31.2 Å². The number of nitrogens with zero attached hydrogens (tertiary/aromatic N) is 3. The molecule has 0 unspecified atom stereocenters. The van der Waals surface area contributed by atoms with E-state index in [1.165, 1.54) is 6.07 Å². The Hall–Kier alpha value is -3.39. The molecule has 0 fully saturated rings. The first-order valence-electron chi connectivity index (χ1n) is 10.0. The zero-order valence-electron chi connectivity index (χ0n) is 18.1. The normalized spacial score (nSPS) is 11.4. The Bertz CT molecular complexity index is 1010. The number of ether oxygens (including phenoxy) is 2. The summed E-state index contributed by atoms with van der Waals surface area (Å²) in [6.07, 6.45) is 4.90. The molecule has 3 aromatic rings. The fourth-order valence-electron chi connectivity index (χ4n) is 3.03. The lowest BCUT2D eigenvalue weighted by Gasteiger charge is -2.16. The van der Waals surface area contributed by atoms with Gasteiger partial charge in [0.25, 0.3) is 0 Å². The largest absolute Gasteiger partial charge is 0.491 e. The molecular formula is C23H28FN5O2. The van der Waals surface area contributed by atoms with Crippen molar-refractivity contribution in [3.8, 4) is 11.4 Å². The molecule has 3 rings (SSSR count). The first-order valence-corrected chi connectivity index (χ1v) is 10.0. The zero-order valence-corrected chi connectivity index (χ0v) is 18.1. The molecule has 0 bridgehead atoms. The van der Waals surface area contributed by atoms with E-state index in [4.69, 9.17) is 9.47 Å². The molecule has 2 N–H and O–H groups in total. The molecule has 0 aliphatic heterocycles. The highest BCUT2D eigenvalue weighted by Gasteiger charge is 2.08. The van der Waals surface area contributed by atoms with E-state index in [-0.39, 0.29) is 5.82 Å². The summed E-state index contributed by atoms with van der Waals surface area (Å²) in [6, 6.07) is 11.2. The number of halogens is 1. The van der Waals surface area contributed by atoms with Gasteiger partial charge in [0, 0.05) is 45.2 Å². The van der Waals surface area contributed by atoms with Crippen molar-refractivity contribution >= 4 is 5.96 Å². The average molecular weight is 426 g/mol. The van der Waals surface area contributed by atoms with Crippen LogP contribution in [0, 0.1) is 12.7 Å². The van der Waals surface area contributed by atoms with E-state index >= 15 is 0 Å². The molecule has 8 heteroatoms. The number of rotatable bonds is 9. The van der Waals surface area contributed by atoms with Crippen molar-refractivity contribution < 1.29 is 13.9 Å². The molecule has 0 aliphatic rings. The van der Waals surface area contributed by atoms with Gasteiger partial charge in [-0.3, -0.25) is 4.99 Å². The lowest BCUT2D eigenvalue weighted by atomic mass is 10.1. The molecule has 2 aromatic carbocycles. The Balaban J connectivity index is 1.57. The van der Waals surface area contributed by atoms with Crippen molar-refractivity contribution in [2.75, 3.05) is 27.4 Å². The third-order valence-corrected chi connectivity index (χ3v) is 4.69. The monoisotopic (exact) mass is 425 g/mol. The molecule has 0 aliphatic carbocycles. The van der Waals surface area contributed by atoms with Crippen LogP contribution in [0.5, 0.6) is 5.75 Å². The van der Waals surface area contributed by atoms with Gasteiger partial charge >= 0.3 is 0 Å². The SMILES string of the molecule is CN=C(NCc1ccc(-n2ccnc2)c(F)c1)NCc1ccc(C)cc1OCCOC. The summed E-state index contributed by atoms with van der Waals surface area (Å²) in [6.45, 7) is 4.01. The van der Waals surface area contributed by atoms with Gasteiger partial charge in [-0.1, -0.05) is 18.2 Å². The summed E-state index contributed by atoms with van der Waals surface area (Å²) < 4.78 is 27.0. The van der Waals surface area contributed by atoms with Crippen LogP contribution in [0.15, 0.2) is 60.1 Å². The standard InChI is InChI=1S/C23H28FN5O2/c1-17-4-6-19(22(12-17)31-11-10-30-3)15-28-23(25-2)27-14-18-5-7-21(20(24)13-18)29-9-8-26-16-29/h4-9,12-13,16H,10-11,14-15H2,1-3H3,(H2,25,27,28). The molecule has 1 heterocycles. The molecule has 1 aromatic heterocycles. The third kappa shape index (κ3) is 6.29. The minimum Gasteiger partial charge on any atom is -0.491 e. The van der Waals surface area contributed by atoms with E-state index in [9.17, 15) is 4.39 Å². The van der Waals surface area contributed by atoms with Crippen LogP contribution in [-0.2, 0) is 17.8 Å². The Morgan fingerprint density at radius 1 is 1.13 bits per heavy atom. The van der Waals surface area contributed by atoms with Gasteiger partial charge in [-0.15, -0.1) is 0 Å². The lowest BCUT2D eigenvalue weighted by molar-refractivity contribution is 0.145. The van der Waals surface area contributed by atoms with Crippen molar-refractivity contribution in [3.63, 3.8) is 0 Å². The van der Waals surface area contributed by atoms with Crippen LogP contribution >= 0.6 is 0 Å². The Labute approximate surface area is 181 Å². The van der Waals surface area contributed by atoms with E-state index < -0.39 is 0 Å². The lowest BCUT2D eigenvalue weighted by Crippen LogP contribution is -2.36. The summed E-state index contributed by atoms with van der Waals surface area (Å²) in [5, 5.41) is 6.49. The zero-order chi connectivity index (χ0) is 22.1. The Morgan fingerprint density at radius 2 is 1.97 bits per heavy atom. The molecule has 7 nitrogen and oxygen atoms in total. The predicted molar refractivity (Wildman–Crippen MR) is 119 cm³/mol. The second-order valence-electron chi connectivity index (χ2n) is 6.99. The topological polar surface area (TPSA) is 72.7 Å². The van der Waals surface area contributed by atoms with E-state index in [0.717, 1.165) is 22.4 Å². The predicted octanol–water partition coefficient (Wildman–Crippen LogP) is 3.21. The maximum absolute atomic E-state index is 14.4. The van der Waals surface area contributed by atoms with Crippen LogP contribution in [0.25, 0.3) is 5.69 Å². The van der Waals surface area contributed by atoms with Crippen molar-refractivity contribution in [2.24, 2.45) is 4.99 Å². The van der Waals surface area contributed by atoms with Gasteiger partial charge in [-0.25, -0.2) is 9.37 Å². The number of guanidine groups is 1. The van der Waals surface area contributed by atoms with Crippen molar-refractivity contribution in [1.29, 1.82) is 0 Å². The van der Waals surface area contributed by atoms with Gasteiger partial charge < -0.3 is 24.7 Å². The number of hydrogen-bond acceptors (Lipinski definition) is 4. The van der Waals surface area contributed by atoms with Gasteiger partial charge in [0.1, 0.15) is 18.2 Å². The number of aliphatic imine (C=N–C) groups is 1. The first kappa shape index (κ1) is 22.3. The van der Waals surface area contributed by atoms with Gasteiger partial charge in [0.15, 0.2) is 5.96 Å². The van der Waals surface area contributed by atoms with Crippen LogP contribution < -0.4 is 15.4 Å². The van der Waals surface area contributed by atoms with Gasteiger partial charge in [-0.2, -0.15) is 0 Å². The molecule has 31 heavy (non-hydrogen) atoms. The van der Waals surface area contributed by atoms with Crippen LogP contribution in [0.2, 0.25) is 0 Å². The molecular weight excluding hydrogens is 397 g/mol. The van der Waals surface area contributed by atoms with Gasteiger partial charge in [0.05, 0.1) is 18.6 Å². The summed E-state index contributed by atoms with van der Waals surface area (Å²) >= 11 is 0. The van der Waals surface area contributed by atoms with Crippen molar-refractivity contribution in [2.45, 2.75) is 20.0 Å². The van der Waals surface area contributed by atoms with Crippen molar-refractivity contribution in [3.05, 3.63) is 77.6 Å². The van der Waals surface area contributed by atoms with E-state index in [1.54, 1.807) is 43.5 Å². The van der Waals surface area contributed by atoms with Crippen LogP contribution in [0.3, 0.4) is 0 Å². The first-order chi connectivity index (χ1) is 15.1. The maximum atomic E-state index is 14.4. The number of hydrogen-bond donors (Lipinski definition) is 2. The number of nitrogens with one attached hydrogen (secondary N) is 2. The summed E-state index contributed by atoms with van der Waals surface area (Å²) in [4.78, 5) is 8.20. The quantitative estimate of drug-likeness (QED) is 0.313. The molecule has 164 valence electrons. The molecule has 0 atom stereocenters. The summed E-state index contributed by atoms with van der Waals surface area (Å²) in [5.41, 5.74) is 3.41. The smallest absolute Gasteiger partial charge is 0.191 e. The Kier molecular flexibility index (Phi) is 8.00. The molecule has 0 saturated heterocycles. The maximum Gasteiger partial charge on any atom is 0.191 e. The highest BCUT2D eigenvalue weighted by molar-refractivity contribution is 5.79. The van der Waals surface area contributed by atoms with Crippen LogP contribution in [0.4, 0.5) is 4.39 Å². The summed E-state index contributed by atoms with van der Waals surface area (Å²) in [5.74, 6) is 1.12.